The summed E-state index contributed by atoms with van der Waals surface area (Å²) in [6.45, 7) is 3.80. The summed E-state index contributed by atoms with van der Waals surface area (Å²) in [6, 6.07) is 3.55. The molecule has 5 nitrogen and oxygen atoms in total. The summed E-state index contributed by atoms with van der Waals surface area (Å²) in [5.41, 5.74) is 1.20. The lowest BCUT2D eigenvalue weighted by Gasteiger charge is -2.14. The van der Waals surface area contributed by atoms with Gasteiger partial charge in [0.05, 0.1) is 27.9 Å². The first-order valence-corrected chi connectivity index (χ1v) is 6.23. The molecule has 0 saturated heterocycles. The van der Waals surface area contributed by atoms with Gasteiger partial charge in [0.25, 0.3) is 0 Å². The standard InChI is InChI=1S/C15H20O5/c1-6-20-15(16)10(2)9-11-7-8-12(17-3)14(19-5)13(11)18-4/h7-9H,6H2,1-5H3/b10-9+. The molecule has 0 saturated carbocycles. The van der Waals surface area contributed by atoms with Crippen LogP contribution in [0.5, 0.6) is 17.2 Å². The van der Waals surface area contributed by atoms with Crippen molar-refractivity contribution in [2.75, 3.05) is 27.9 Å². The highest BCUT2D eigenvalue weighted by Crippen LogP contribution is 2.40. The van der Waals surface area contributed by atoms with E-state index in [1.54, 1.807) is 39.2 Å². The minimum atomic E-state index is -0.357. The smallest absolute Gasteiger partial charge is 0.333 e. The van der Waals surface area contributed by atoms with Gasteiger partial charge in [0.2, 0.25) is 5.75 Å². The van der Waals surface area contributed by atoms with Crippen molar-refractivity contribution in [3.8, 4) is 17.2 Å². The van der Waals surface area contributed by atoms with Crippen LogP contribution in [0.2, 0.25) is 0 Å². The van der Waals surface area contributed by atoms with Gasteiger partial charge < -0.3 is 18.9 Å². The van der Waals surface area contributed by atoms with Crippen molar-refractivity contribution in [2.24, 2.45) is 0 Å². The topological polar surface area (TPSA) is 54.0 Å². The zero-order valence-electron chi connectivity index (χ0n) is 12.5. The first-order chi connectivity index (χ1) is 9.58. The summed E-state index contributed by atoms with van der Waals surface area (Å²) >= 11 is 0. The molecule has 0 radical (unpaired) electrons. The van der Waals surface area contributed by atoms with Crippen LogP contribution in [-0.2, 0) is 9.53 Å². The third-order valence-corrected chi connectivity index (χ3v) is 2.70. The first kappa shape index (κ1) is 15.9. The molecule has 20 heavy (non-hydrogen) atoms. The van der Waals surface area contributed by atoms with E-state index >= 15 is 0 Å². The fourth-order valence-electron chi connectivity index (χ4n) is 1.78. The lowest BCUT2D eigenvalue weighted by molar-refractivity contribution is -0.138. The Bertz CT molecular complexity index is 505. The SMILES string of the molecule is CCOC(=O)/C(C)=C/c1ccc(OC)c(OC)c1OC. The predicted molar refractivity (Wildman–Crippen MR) is 76.4 cm³/mol. The summed E-state index contributed by atoms with van der Waals surface area (Å²) in [7, 11) is 4.62. The molecule has 0 atom stereocenters. The van der Waals surface area contributed by atoms with E-state index in [-0.39, 0.29) is 5.97 Å². The molecule has 1 aromatic rings. The predicted octanol–water partition coefficient (Wildman–Crippen LogP) is 2.68. The third-order valence-electron chi connectivity index (χ3n) is 2.70. The fourth-order valence-corrected chi connectivity index (χ4v) is 1.78. The quantitative estimate of drug-likeness (QED) is 0.592. The Hall–Kier alpha value is -2.17. The van der Waals surface area contributed by atoms with Crippen LogP contribution in [0.4, 0.5) is 0 Å². The molecule has 0 aliphatic rings. The van der Waals surface area contributed by atoms with Crippen molar-refractivity contribution in [1.82, 2.24) is 0 Å². The van der Waals surface area contributed by atoms with Crippen LogP contribution in [0.25, 0.3) is 6.08 Å². The maximum atomic E-state index is 11.6. The van der Waals surface area contributed by atoms with Crippen molar-refractivity contribution < 1.29 is 23.7 Å². The number of benzene rings is 1. The minimum absolute atomic E-state index is 0.340. The maximum absolute atomic E-state index is 11.6. The Labute approximate surface area is 119 Å². The summed E-state index contributed by atoms with van der Waals surface area (Å²) < 4.78 is 20.8. The zero-order valence-corrected chi connectivity index (χ0v) is 12.5. The normalized spacial score (nSPS) is 10.9. The molecule has 1 aromatic carbocycles. The number of methoxy groups -OCH3 is 3. The van der Waals surface area contributed by atoms with Gasteiger partial charge in [-0.3, -0.25) is 0 Å². The van der Waals surface area contributed by atoms with E-state index in [4.69, 9.17) is 18.9 Å². The summed E-state index contributed by atoms with van der Waals surface area (Å²) in [5.74, 6) is 1.20. The molecule has 0 fully saturated rings. The van der Waals surface area contributed by atoms with E-state index in [9.17, 15) is 4.79 Å². The number of esters is 1. The van der Waals surface area contributed by atoms with E-state index in [2.05, 4.69) is 0 Å². The second-order valence-electron chi connectivity index (χ2n) is 3.97. The number of rotatable bonds is 6. The van der Waals surface area contributed by atoms with Crippen molar-refractivity contribution >= 4 is 12.0 Å². The molecule has 5 heteroatoms. The number of carbonyl (C=O) groups is 1. The van der Waals surface area contributed by atoms with Gasteiger partial charge in [-0.25, -0.2) is 4.79 Å². The van der Waals surface area contributed by atoms with Crippen molar-refractivity contribution in [2.45, 2.75) is 13.8 Å². The average molecular weight is 280 g/mol. The van der Waals surface area contributed by atoms with E-state index in [1.165, 1.54) is 14.2 Å². The largest absolute Gasteiger partial charge is 0.493 e. The van der Waals surface area contributed by atoms with Crippen LogP contribution in [-0.4, -0.2) is 33.9 Å². The molecule has 0 bridgehead atoms. The molecule has 0 aliphatic heterocycles. The molecular formula is C15H20O5. The number of carbonyl (C=O) groups excluding carboxylic acids is 1. The summed E-state index contributed by atoms with van der Waals surface area (Å²) in [6.07, 6.45) is 1.69. The highest BCUT2D eigenvalue weighted by atomic mass is 16.5. The highest BCUT2D eigenvalue weighted by molar-refractivity contribution is 5.93. The van der Waals surface area contributed by atoms with Crippen molar-refractivity contribution in [1.29, 1.82) is 0 Å². The average Bonchev–Trinajstić information content (AvgIpc) is 2.46. The minimum Gasteiger partial charge on any atom is -0.493 e. The summed E-state index contributed by atoms with van der Waals surface area (Å²) in [4.78, 5) is 11.6. The van der Waals surface area contributed by atoms with Gasteiger partial charge in [-0.2, -0.15) is 0 Å². The molecule has 0 heterocycles. The lowest BCUT2D eigenvalue weighted by atomic mass is 10.1. The lowest BCUT2D eigenvalue weighted by Crippen LogP contribution is -2.05. The van der Waals surface area contributed by atoms with E-state index in [1.807, 2.05) is 0 Å². The third kappa shape index (κ3) is 3.44. The molecule has 0 aromatic heterocycles. The highest BCUT2D eigenvalue weighted by Gasteiger charge is 2.15. The number of hydrogen-bond donors (Lipinski definition) is 0. The molecule has 0 N–H and O–H groups in total. The molecule has 1 rings (SSSR count). The first-order valence-electron chi connectivity index (χ1n) is 6.23. The zero-order chi connectivity index (χ0) is 15.1. The molecule has 110 valence electrons. The van der Waals surface area contributed by atoms with Gasteiger partial charge in [0.1, 0.15) is 0 Å². The molecular weight excluding hydrogens is 260 g/mol. The van der Waals surface area contributed by atoms with Crippen LogP contribution < -0.4 is 14.2 Å². The number of hydrogen-bond acceptors (Lipinski definition) is 5. The van der Waals surface area contributed by atoms with Gasteiger partial charge in [0, 0.05) is 11.1 Å². The Morgan fingerprint density at radius 1 is 1.10 bits per heavy atom. The maximum Gasteiger partial charge on any atom is 0.333 e. The van der Waals surface area contributed by atoms with Gasteiger partial charge in [-0.05, 0) is 32.1 Å². The van der Waals surface area contributed by atoms with Gasteiger partial charge in [-0.15, -0.1) is 0 Å². The van der Waals surface area contributed by atoms with Crippen LogP contribution in [0.15, 0.2) is 17.7 Å². The van der Waals surface area contributed by atoms with Crippen LogP contribution >= 0.6 is 0 Å². The van der Waals surface area contributed by atoms with Crippen LogP contribution in [0.1, 0.15) is 19.4 Å². The molecule has 0 spiro atoms. The summed E-state index contributed by atoms with van der Waals surface area (Å²) in [5, 5.41) is 0. The molecule has 0 amide bonds. The Morgan fingerprint density at radius 2 is 1.75 bits per heavy atom. The Balaban J connectivity index is 3.25. The van der Waals surface area contributed by atoms with E-state index < -0.39 is 0 Å². The van der Waals surface area contributed by atoms with Gasteiger partial charge in [0.15, 0.2) is 11.5 Å². The van der Waals surface area contributed by atoms with E-state index in [0.29, 0.717) is 29.4 Å². The molecule has 0 unspecified atom stereocenters. The fraction of sp³-hybridized carbons (Fsp3) is 0.400. The second kappa shape index (κ2) is 7.43. The van der Waals surface area contributed by atoms with Crippen LogP contribution in [0.3, 0.4) is 0 Å². The monoisotopic (exact) mass is 280 g/mol. The molecule has 0 aliphatic carbocycles. The van der Waals surface area contributed by atoms with Crippen LogP contribution in [0, 0.1) is 0 Å². The van der Waals surface area contributed by atoms with Crippen molar-refractivity contribution in [3.63, 3.8) is 0 Å². The Kier molecular flexibility index (Phi) is 5.90. The second-order valence-corrected chi connectivity index (χ2v) is 3.97. The van der Waals surface area contributed by atoms with Gasteiger partial charge >= 0.3 is 5.97 Å². The van der Waals surface area contributed by atoms with E-state index in [0.717, 1.165) is 5.56 Å². The van der Waals surface area contributed by atoms with Crippen molar-refractivity contribution in [3.05, 3.63) is 23.3 Å². The number of ether oxygens (including phenoxy) is 4. The van der Waals surface area contributed by atoms with Gasteiger partial charge in [-0.1, -0.05) is 0 Å². The Morgan fingerprint density at radius 3 is 2.25 bits per heavy atom.